The zero-order valence-electron chi connectivity index (χ0n) is 16.0. The van der Waals surface area contributed by atoms with Crippen LogP contribution >= 0.6 is 12.2 Å². The van der Waals surface area contributed by atoms with Gasteiger partial charge in [0.15, 0.2) is 5.11 Å². The van der Waals surface area contributed by atoms with Gasteiger partial charge in [0.25, 0.3) is 0 Å². The summed E-state index contributed by atoms with van der Waals surface area (Å²) in [5.74, 6) is 0.767. The number of hydrogen-bond acceptors (Lipinski definition) is 2. The third-order valence-electron chi connectivity index (χ3n) is 4.93. The van der Waals surface area contributed by atoms with Gasteiger partial charge in [-0.05, 0) is 53.4 Å². The van der Waals surface area contributed by atoms with Crippen LogP contribution in [0.5, 0.6) is 0 Å². The minimum atomic E-state index is 0.250. The molecule has 2 N–H and O–H groups in total. The summed E-state index contributed by atoms with van der Waals surface area (Å²) in [6.07, 6.45) is 1.63. The first-order valence-electron chi connectivity index (χ1n) is 9.52. The van der Waals surface area contributed by atoms with E-state index in [0.29, 0.717) is 30.5 Å². The highest BCUT2D eigenvalue weighted by Crippen LogP contribution is 2.18. The smallest absolute Gasteiger partial charge is 0.222 e. The number of nitrogens with zero attached hydrogens (tertiary/aromatic N) is 1. The van der Waals surface area contributed by atoms with Gasteiger partial charge in [0.1, 0.15) is 0 Å². The fraction of sp³-hybridized carbons (Fsp3) is 0.364. The third kappa shape index (κ3) is 5.30. The normalized spacial score (nSPS) is 13.9. The molecule has 1 saturated heterocycles. The maximum atomic E-state index is 11.9. The van der Waals surface area contributed by atoms with Crippen molar-refractivity contribution in [3.8, 4) is 0 Å². The van der Waals surface area contributed by atoms with Crippen LogP contribution in [0.3, 0.4) is 0 Å². The van der Waals surface area contributed by atoms with E-state index in [-0.39, 0.29) is 5.91 Å². The molecule has 5 heteroatoms. The topological polar surface area (TPSA) is 44.4 Å². The number of hydrogen-bond donors (Lipinski definition) is 2. The van der Waals surface area contributed by atoms with Gasteiger partial charge < -0.3 is 15.5 Å². The molecule has 0 aliphatic carbocycles. The lowest BCUT2D eigenvalue weighted by Crippen LogP contribution is -2.29. The monoisotopic (exact) mass is 381 g/mol. The summed E-state index contributed by atoms with van der Waals surface area (Å²) in [4.78, 5) is 13.8. The van der Waals surface area contributed by atoms with Crippen molar-refractivity contribution in [1.82, 2.24) is 10.2 Å². The predicted molar refractivity (Wildman–Crippen MR) is 115 cm³/mol. The minimum absolute atomic E-state index is 0.250. The van der Waals surface area contributed by atoms with E-state index in [9.17, 15) is 4.79 Å². The van der Waals surface area contributed by atoms with Crippen molar-refractivity contribution in [3.63, 3.8) is 0 Å². The van der Waals surface area contributed by atoms with Gasteiger partial charge in [0.2, 0.25) is 5.91 Å². The summed E-state index contributed by atoms with van der Waals surface area (Å²) in [6, 6.07) is 16.6. The van der Waals surface area contributed by atoms with Gasteiger partial charge in [-0.15, -0.1) is 0 Å². The quantitative estimate of drug-likeness (QED) is 0.727. The van der Waals surface area contributed by atoms with Crippen LogP contribution in [-0.2, 0) is 17.9 Å². The standard InChI is InChI=1S/C22H27N3OS/c1-16(2)17-9-11-20(12-10-17)24-22(27)23-14-18-6-3-4-7-19(18)15-25-13-5-8-21(25)26/h3-4,6-7,9-12,16H,5,8,13-15H2,1-2H3,(H2,23,24,27). The lowest BCUT2D eigenvalue weighted by atomic mass is 10.0. The molecule has 0 atom stereocenters. The fourth-order valence-corrected chi connectivity index (χ4v) is 3.45. The Labute approximate surface area is 167 Å². The van der Waals surface area contributed by atoms with Crippen LogP contribution in [-0.4, -0.2) is 22.5 Å². The number of carbonyl (C=O) groups is 1. The van der Waals surface area contributed by atoms with Crippen LogP contribution in [0.4, 0.5) is 5.69 Å². The second kappa shape index (κ2) is 9.00. The molecule has 27 heavy (non-hydrogen) atoms. The Kier molecular flexibility index (Phi) is 6.45. The first-order valence-corrected chi connectivity index (χ1v) is 9.93. The Morgan fingerprint density at radius 3 is 2.44 bits per heavy atom. The Morgan fingerprint density at radius 2 is 1.81 bits per heavy atom. The molecule has 3 rings (SSSR count). The van der Waals surface area contributed by atoms with Crippen molar-refractivity contribution >= 4 is 28.9 Å². The lowest BCUT2D eigenvalue weighted by molar-refractivity contribution is -0.128. The van der Waals surface area contributed by atoms with Gasteiger partial charge in [-0.2, -0.15) is 0 Å². The molecule has 1 aliphatic heterocycles. The number of thiocarbonyl (C=S) groups is 1. The Balaban J connectivity index is 1.56. The van der Waals surface area contributed by atoms with Crippen LogP contribution in [0, 0.1) is 0 Å². The van der Waals surface area contributed by atoms with Crippen LogP contribution in [0.2, 0.25) is 0 Å². The van der Waals surface area contributed by atoms with Gasteiger partial charge in [-0.1, -0.05) is 50.2 Å². The second-order valence-electron chi connectivity index (χ2n) is 7.27. The predicted octanol–water partition coefficient (Wildman–Crippen LogP) is 4.42. The molecule has 1 aliphatic rings. The van der Waals surface area contributed by atoms with Crippen LogP contribution in [0.25, 0.3) is 0 Å². The van der Waals surface area contributed by atoms with E-state index in [2.05, 4.69) is 60.9 Å². The number of benzene rings is 2. The number of rotatable bonds is 6. The number of nitrogens with one attached hydrogen (secondary N) is 2. The van der Waals surface area contributed by atoms with E-state index in [4.69, 9.17) is 12.2 Å². The SMILES string of the molecule is CC(C)c1ccc(NC(=S)NCc2ccccc2CN2CCCC2=O)cc1. The first-order chi connectivity index (χ1) is 13.0. The van der Waals surface area contributed by atoms with Gasteiger partial charge in [-0.25, -0.2) is 0 Å². The molecule has 4 nitrogen and oxygen atoms in total. The summed E-state index contributed by atoms with van der Waals surface area (Å²) in [5.41, 5.74) is 4.62. The molecule has 1 heterocycles. The van der Waals surface area contributed by atoms with Gasteiger partial charge in [-0.3, -0.25) is 4.79 Å². The highest BCUT2D eigenvalue weighted by atomic mass is 32.1. The van der Waals surface area contributed by atoms with Gasteiger partial charge in [0.05, 0.1) is 0 Å². The fourth-order valence-electron chi connectivity index (χ4n) is 3.26. The molecule has 1 amide bonds. The van der Waals surface area contributed by atoms with Crippen LogP contribution in [0.1, 0.15) is 49.3 Å². The lowest BCUT2D eigenvalue weighted by Gasteiger charge is -2.19. The molecule has 0 aromatic heterocycles. The third-order valence-corrected chi connectivity index (χ3v) is 5.17. The molecule has 2 aromatic rings. The van der Waals surface area contributed by atoms with E-state index in [1.165, 1.54) is 11.1 Å². The largest absolute Gasteiger partial charge is 0.358 e. The van der Waals surface area contributed by atoms with Crippen molar-refractivity contribution in [2.24, 2.45) is 0 Å². The molecule has 0 saturated carbocycles. The first kappa shape index (κ1) is 19.4. The molecule has 0 spiro atoms. The highest BCUT2D eigenvalue weighted by molar-refractivity contribution is 7.80. The molecule has 142 valence electrons. The molecule has 0 bridgehead atoms. The number of anilines is 1. The average Bonchev–Trinajstić information content (AvgIpc) is 3.06. The summed E-state index contributed by atoms with van der Waals surface area (Å²) < 4.78 is 0. The molecule has 1 fully saturated rings. The summed E-state index contributed by atoms with van der Waals surface area (Å²) in [5, 5.41) is 7.11. The zero-order valence-corrected chi connectivity index (χ0v) is 16.8. The van der Waals surface area contributed by atoms with Crippen LogP contribution in [0.15, 0.2) is 48.5 Å². The number of carbonyl (C=O) groups excluding carboxylic acids is 1. The molecule has 2 aromatic carbocycles. The average molecular weight is 382 g/mol. The van der Waals surface area contributed by atoms with Gasteiger partial charge in [0, 0.05) is 31.7 Å². The molecular weight excluding hydrogens is 354 g/mol. The summed E-state index contributed by atoms with van der Waals surface area (Å²) in [6.45, 7) is 6.53. The molecular formula is C22H27N3OS. The molecule has 0 radical (unpaired) electrons. The Bertz CT molecular complexity index is 801. The van der Waals surface area contributed by atoms with Crippen molar-refractivity contribution in [1.29, 1.82) is 0 Å². The van der Waals surface area contributed by atoms with Crippen molar-refractivity contribution < 1.29 is 4.79 Å². The summed E-state index contributed by atoms with van der Waals surface area (Å²) in [7, 11) is 0. The minimum Gasteiger partial charge on any atom is -0.358 e. The highest BCUT2D eigenvalue weighted by Gasteiger charge is 2.20. The van der Waals surface area contributed by atoms with E-state index >= 15 is 0 Å². The van der Waals surface area contributed by atoms with E-state index in [1.807, 2.05) is 17.0 Å². The van der Waals surface area contributed by atoms with Crippen molar-refractivity contribution in [2.45, 2.75) is 45.7 Å². The number of likely N-dealkylation sites (tertiary alicyclic amines) is 1. The summed E-state index contributed by atoms with van der Waals surface area (Å²) >= 11 is 5.44. The van der Waals surface area contributed by atoms with E-state index < -0.39 is 0 Å². The second-order valence-corrected chi connectivity index (χ2v) is 7.68. The number of amides is 1. The Morgan fingerprint density at radius 1 is 1.11 bits per heavy atom. The maximum Gasteiger partial charge on any atom is 0.222 e. The Hall–Kier alpha value is -2.40. The zero-order chi connectivity index (χ0) is 19.2. The van der Waals surface area contributed by atoms with E-state index in [1.54, 1.807) is 0 Å². The maximum absolute atomic E-state index is 11.9. The van der Waals surface area contributed by atoms with Crippen molar-refractivity contribution in [3.05, 3.63) is 65.2 Å². The van der Waals surface area contributed by atoms with Crippen LogP contribution < -0.4 is 10.6 Å². The van der Waals surface area contributed by atoms with Gasteiger partial charge >= 0.3 is 0 Å². The van der Waals surface area contributed by atoms with E-state index in [0.717, 1.165) is 24.2 Å². The van der Waals surface area contributed by atoms with Crippen molar-refractivity contribution in [2.75, 3.05) is 11.9 Å². The molecule has 0 unspecified atom stereocenters.